The van der Waals surface area contributed by atoms with Crippen LogP contribution in [0.5, 0.6) is 5.75 Å². The number of nitrogens with zero attached hydrogens (tertiary/aromatic N) is 2. The molecule has 2 aliphatic heterocycles. The van der Waals surface area contributed by atoms with Crippen LogP contribution in [0.1, 0.15) is 30.7 Å². The SMILES string of the molecule is COCC(=O)N1CC(C(=O)N2CCCCC2)C(c2ccccc2OC)C1. The summed E-state index contributed by atoms with van der Waals surface area (Å²) in [6.45, 7) is 2.65. The van der Waals surface area contributed by atoms with E-state index in [0.29, 0.717) is 13.1 Å². The third-order valence-electron chi connectivity index (χ3n) is 5.46. The first-order valence-electron chi connectivity index (χ1n) is 9.34. The summed E-state index contributed by atoms with van der Waals surface area (Å²) in [4.78, 5) is 29.3. The van der Waals surface area contributed by atoms with E-state index >= 15 is 0 Å². The van der Waals surface area contributed by atoms with Crippen molar-refractivity contribution in [1.29, 1.82) is 0 Å². The third-order valence-corrected chi connectivity index (χ3v) is 5.46. The maximum atomic E-state index is 13.2. The molecule has 2 heterocycles. The minimum absolute atomic E-state index is 0.0449. The minimum atomic E-state index is -0.231. The molecule has 0 spiro atoms. The Labute approximate surface area is 155 Å². The van der Waals surface area contributed by atoms with Crippen LogP contribution in [0.2, 0.25) is 0 Å². The maximum Gasteiger partial charge on any atom is 0.248 e. The van der Waals surface area contributed by atoms with E-state index in [0.717, 1.165) is 37.2 Å². The van der Waals surface area contributed by atoms with Crippen LogP contribution < -0.4 is 4.74 Å². The lowest BCUT2D eigenvalue weighted by Crippen LogP contribution is -2.42. The average molecular weight is 360 g/mol. The van der Waals surface area contributed by atoms with Crippen molar-refractivity contribution in [2.75, 3.05) is 47.0 Å². The summed E-state index contributed by atoms with van der Waals surface area (Å²) in [5.41, 5.74) is 0.998. The number of likely N-dealkylation sites (tertiary alicyclic amines) is 2. The summed E-state index contributed by atoms with van der Waals surface area (Å²) in [5, 5.41) is 0. The summed E-state index contributed by atoms with van der Waals surface area (Å²) < 4.78 is 10.5. The molecular formula is C20H28N2O4. The molecule has 0 saturated carbocycles. The lowest BCUT2D eigenvalue weighted by molar-refractivity contribution is -0.137. The molecule has 2 atom stereocenters. The fraction of sp³-hybridized carbons (Fsp3) is 0.600. The molecule has 142 valence electrons. The normalized spacial score (nSPS) is 23.2. The van der Waals surface area contributed by atoms with Gasteiger partial charge >= 0.3 is 0 Å². The van der Waals surface area contributed by atoms with Crippen LogP contribution in [-0.4, -0.2) is 68.6 Å². The summed E-state index contributed by atoms with van der Waals surface area (Å²) in [6.07, 6.45) is 3.30. The quantitative estimate of drug-likeness (QED) is 0.805. The zero-order valence-electron chi connectivity index (χ0n) is 15.6. The van der Waals surface area contributed by atoms with Gasteiger partial charge in [-0.1, -0.05) is 18.2 Å². The number of ether oxygens (including phenoxy) is 2. The second kappa shape index (κ2) is 8.54. The molecule has 2 fully saturated rings. The number of benzene rings is 1. The Balaban J connectivity index is 1.87. The Morgan fingerprint density at radius 1 is 1.04 bits per heavy atom. The Morgan fingerprint density at radius 2 is 1.77 bits per heavy atom. The van der Waals surface area contributed by atoms with Gasteiger partial charge in [0, 0.05) is 39.2 Å². The summed E-state index contributed by atoms with van der Waals surface area (Å²) in [6, 6.07) is 7.80. The highest BCUT2D eigenvalue weighted by Gasteiger charge is 2.43. The third kappa shape index (κ3) is 3.85. The molecule has 2 aliphatic rings. The molecule has 1 aromatic rings. The molecular weight excluding hydrogens is 332 g/mol. The molecule has 2 unspecified atom stereocenters. The van der Waals surface area contributed by atoms with E-state index in [1.807, 2.05) is 29.2 Å². The molecule has 0 aromatic heterocycles. The molecule has 0 aliphatic carbocycles. The van der Waals surface area contributed by atoms with Crippen molar-refractivity contribution in [3.8, 4) is 5.75 Å². The lowest BCUT2D eigenvalue weighted by Gasteiger charge is -2.31. The number of rotatable bonds is 5. The van der Waals surface area contributed by atoms with Gasteiger partial charge in [-0.25, -0.2) is 0 Å². The monoisotopic (exact) mass is 360 g/mol. The van der Waals surface area contributed by atoms with Crippen molar-refractivity contribution in [2.45, 2.75) is 25.2 Å². The first-order chi connectivity index (χ1) is 12.7. The van der Waals surface area contributed by atoms with Gasteiger partial charge in [-0.15, -0.1) is 0 Å². The van der Waals surface area contributed by atoms with E-state index in [2.05, 4.69) is 0 Å². The first kappa shape index (κ1) is 18.7. The van der Waals surface area contributed by atoms with Gasteiger partial charge < -0.3 is 19.3 Å². The van der Waals surface area contributed by atoms with Crippen LogP contribution in [0.4, 0.5) is 0 Å². The molecule has 2 saturated heterocycles. The Kier molecular flexibility index (Phi) is 6.14. The van der Waals surface area contributed by atoms with Crippen LogP contribution in [0.3, 0.4) is 0 Å². The predicted molar refractivity (Wildman–Crippen MR) is 98.1 cm³/mol. The van der Waals surface area contributed by atoms with Crippen LogP contribution in [0.25, 0.3) is 0 Å². The number of piperidine rings is 1. The van der Waals surface area contributed by atoms with E-state index in [9.17, 15) is 9.59 Å². The minimum Gasteiger partial charge on any atom is -0.496 e. The fourth-order valence-electron chi connectivity index (χ4n) is 4.11. The van der Waals surface area contributed by atoms with Crippen molar-refractivity contribution in [3.63, 3.8) is 0 Å². The number of hydrogen-bond acceptors (Lipinski definition) is 4. The van der Waals surface area contributed by atoms with Crippen LogP contribution >= 0.6 is 0 Å². The maximum absolute atomic E-state index is 13.2. The van der Waals surface area contributed by atoms with Gasteiger partial charge in [0.25, 0.3) is 0 Å². The van der Waals surface area contributed by atoms with Crippen molar-refractivity contribution in [2.24, 2.45) is 5.92 Å². The van der Waals surface area contributed by atoms with Gasteiger partial charge in [-0.2, -0.15) is 0 Å². The summed E-state index contributed by atoms with van der Waals surface area (Å²) in [5.74, 6) is 0.580. The molecule has 2 amide bonds. The molecule has 0 bridgehead atoms. The van der Waals surface area contributed by atoms with Gasteiger partial charge in [-0.3, -0.25) is 9.59 Å². The Morgan fingerprint density at radius 3 is 2.46 bits per heavy atom. The van der Waals surface area contributed by atoms with E-state index in [4.69, 9.17) is 9.47 Å². The summed E-state index contributed by atoms with van der Waals surface area (Å²) >= 11 is 0. The van der Waals surface area contributed by atoms with E-state index in [1.165, 1.54) is 13.5 Å². The smallest absolute Gasteiger partial charge is 0.248 e. The number of carbonyl (C=O) groups excluding carboxylic acids is 2. The standard InChI is InChI=1S/C20H28N2O4/c1-25-14-19(23)22-12-16(15-8-4-5-9-18(15)26-2)17(13-22)20(24)21-10-6-3-7-11-21/h4-5,8-9,16-17H,3,6-7,10-14H2,1-2H3. The number of para-hydroxylation sites is 1. The highest BCUT2D eigenvalue weighted by molar-refractivity contribution is 5.84. The summed E-state index contributed by atoms with van der Waals surface area (Å²) in [7, 11) is 3.16. The zero-order valence-corrected chi connectivity index (χ0v) is 15.6. The molecule has 3 rings (SSSR count). The number of methoxy groups -OCH3 is 2. The highest BCUT2D eigenvalue weighted by Crippen LogP contribution is 2.38. The average Bonchev–Trinajstić information content (AvgIpc) is 3.13. The van der Waals surface area contributed by atoms with Gasteiger partial charge in [0.2, 0.25) is 11.8 Å². The molecule has 26 heavy (non-hydrogen) atoms. The van der Waals surface area contributed by atoms with Gasteiger partial charge in [-0.05, 0) is 30.9 Å². The second-order valence-electron chi connectivity index (χ2n) is 7.07. The van der Waals surface area contributed by atoms with Gasteiger partial charge in [0.15, 0.2) is 0 Å². The van der Waals surface area contributed by atoms with Crippen molar-refractivity contribution in [1.82, 2.24) is 9.80 Å². The second-order valence-corrected chi connectivity index (χ2v) is 7.07. The van der Waals surface area contributed by atoms with Crippen LogP contribution in [0.15, 0.2) is 24.3 Å². The van der Waals surface area contributed by atoms with E-state index in [1.54, 1.807) is 12.0 Å². The molecule has 6 heteroatoms. The first-order valence-corrected chi connectivity index (χ1v) is 9.34. The topological polar surface area (TPSA) is 59.1 Å². The number of carbonyl (C=O) groups is 2. The van der Waals surface area contributed by atoms with Crippen LogP contribution in [0, 0.1) is 5.92 Å². The largest absolute Gasteiger partial charge is 0.496 e. The molecule has 6 nitrogen and oxygen atoms in total. The van der Waals surface area contributed by atoms with Crippen molar-refractivity contribution < 1.29 is 19.1 Å². The Bertz CT molecular complexity index is 642. The number of amides is 2. The molecule has 0 radical (unpaired) electrons. The van der Waals surface area contributed by atoms with Gasteiger partial charge in [0.05, 0.1) is 13.0 Å². The van der Waals surface area contributed by atoms with Gasteiger partial charge in [0.1, 0.15) is 12.4 Å². The predicted octanol–water partition coefficient (Wildman–Crippen LogP) is 1.90. The number of hydrogen-bond donors (Lipinski definition) is 0. The Hall–Kier alpha value is -2.08. The zero-order chi connectivity index (χ0) is 18.5. The molecule has 0 N–H and O–H groups in total. The molecule has 1 aromatic carbocycles. The highest BCUT2D eigenvalue weighted by atomic mass is 16.5. The van der Waals surface area contributed by atoms with E-state index < -0.39 is 0 Å². The van der Waals surface area contributed by atoms with Crippen molar-refractivity contribution in [3.05, 3.63) is 29.8 Å². The van der Waals surface area contributed by atoms with Crippen molar-refractivity contribution >= 4 is 11.8 Å². The lowest BCUT2D eigenvalue weighted by atomic mass is 9.87. The fourth-order valence-corrected chi connectivity index (χ4v) is 4.11. The van der Waals surface area contributed by atoms with Crippen LogP contribution in [-0.2, 0) is 14.3 Å². The van der Waals surface area contributed by atoms with E-state index in [-0.39, 0.29) is 30.3 Å².